The molecule has 0 aliphatic heterocycles. The van der Waals surface area contributed by atoms with Crippen molar-refractivity contribution >= 4 is 23.2 Å². The summed E-state index contributed by atoms with van der Waals surface area (Å²) in [4.78, 5) is 3.92. The van der Waals surface area contributed by atoms with Crippen LogP contribution < -0.4 is 10.5 Å². The molecule has 5 heteroatoms. The Labute approximate surface area is 122 Å². The van der Waals surface area contributed by atoms with E-state index in [4.69, 9.17) is 33.7 Å². The van der Waals surface area contributed by atoms with Crippen molar-refractivity contribution in [2.45, 2.75) is 19.6 Å². The van der Waals surface area contributed by atoms with E-state index in [0.29, 0.717) is 22.4 Å². The summed E-state index contributed by atoms with van der Waals surface area (Å²) in [5, 5.41) is 1.12. The van der Waals surface area contributed by atoms with Crippen molar-refractivity contribution in [2.24, 2.45) is 5.73 Å². The molecule has 0 fully saturated rings. The van der Waals surface area contributed by atoms with Crippen LogP contribution in [0.5, 0.6) is 5.75 Å². The van der Waals surface area contributed by atoms with Gasteiger partial charge in [0.1, 0.15) is 12.4 Å². The van der Waals surface area contributed by atoms with Crippen molar-refractivity contribution in [3.8, 4) is 5.75 Å². The van der Waals surface area contributed by atoms with E-state index in [1.54, 1.807) is 12.4 Å². The smallest absolute Gasteiger partial charge is 0.138 e. The van der Waals surface area contributed by atoms with Gasteiger partial charge in [0.2, 0.25) is 0 Å². The Balaban J connectivity index is 2.10. The Morgan fingerprint density at radius 2 is 2.05 bits per heavy atom. The highest BCUT2D eigenvalue weighted by Crippen LogP contribution is 2.28. The number of nitrogens with zero attached hydrogens (tertiary/aromatic N) is 1. The van der Waals surface area contributed by atoms with E-state index < -0.39 is 0 Å². The van der Waals surface area contributed by atoms with Crippen molar-refractivity contribution < 1.29 is 4.74 Å². The number of rotatable bonds is 4. The molecule has 2 N–H and O–H groups in total. The molecule has 0 saturated heterocycles. The van der Waals surface area contributed by atoms with E-state index in [9.17, 15) is 0 Å². The first-order valence-electron chi connectivity index (χ1n) is 5.84. The zero-order valence-electron chi connectivity index (χ0n) is 10.4. The summed E-state index contributed by atoms with van der Waals surface area (Å²) >= 11 is 12.2. The zero-order valence-corrected chi connectivity index (χ0v) is 11.9. The van der Waals surface area contributed by atoms with E-state index in [1.165, 1.54) is 0 Å². The summed E-state index contributed by atoms with van der Waals surface area (Å²) in [5.74, 6) is 0.610. The van der Waals surface area contributed by atoms with Gasteiger partial charge in [-0.3, -0.25) is 4.98 Å². The van der Waals surface area contributed by atoms with E-state index in [1.807, 2.05) is 31.2 Å². The van der Waals surface area contributed by atoms with Crippen LogP contribution in [0, 0.1) is 0 Å². The molecule has 0 aliphatic carbocycles. The normalized spacial score (nSPS) is 12.2. The summed E-state index contributed by atoms with van der Waals surface area (Å²) in [6.07, 6.45) is 3.26. The van der Waals surface area contributed by atoms with Gasteiger partial charge in [0.15, 0.2) is 0 Å². The SMILES string of the molecule is CC(N)c1ccc(OCc2ccncc2Cl)c(Cl)c1. The molecule has 0 bridgehead atoms. The summed E-state index contributed by atoms with van der Waals surface area (Å²) in [7, 11) is 0. The minimum absolute atomic E-state index is 0.0545. The van der Waals surface area contributed by atoms with Gasteiger partial charge in [-0.2, -0.15) is 0 Å². The number of hydrogen-bond acceptors (Lipinski definition) is 3. The number of halogens is 2. The fourth-order valence-electron chi connectivity index (χ4n) is 1.59. The monoisotopic (exact) mass is 296 g/mol. The molecule has 1 atom stereocenters. The molecule has 0 aliphatic rings. The van der Waals surface area contributed by atoms with Crippen LogP contribution in [0.4, 0.5) is 0 Å². The molecule has 1 aromatic heterocycles. The van der Waals surface area contributed by atoms with Crippen LogP contribution in [-0.2, 0) is 6.61 Å². The second-order valence-corrected chi connectivity index (χ2v) is 5.05. The second-order valence-electron chi connectivity index (χ2n) is 4.23. The standard InChI is InChI=1S/C14H14Cl2N2O/c1-9(17)10-2-3-14(12(15)6-10)19-8-11-4-5-18-7-13(11)16/h2-7,9H,8,17H2,1H3. The Hall–Kier alpha value is -1.29. The average molecular weight is 297 g/mol. The lowest BCUT2D eigenvalue weighted by molar-refractivity contribution is 0.306. The summed E-state index contributed by atoms with van der Waals surface area (Å²) in [5.41, 5.74) is 7.63. The summed E-state index contributed by atoms with van der Waals surface area (Å²) in [6.45, 7) is 2.25. The maximum absolute atomic E-state index is 6.15. The fourth-order valence-corrected chi connectivity index (χ4v) is 2.01. The van der Waals surface area contributed by atoms with Gasteiger partial charge in [0.05, 0.1) is 10.0 Å². The van der Waals surface area contributed by atoms with Crippen LogP contribution in [0.15, 0.2) is 36.7 Å². The topological polar surface area (TPSA) is 48.1 Å². The molecule has 1 heterocycles. The lowest BCUT2D eigenvalue weighted by Gasteiger charge is -2.11. The number of nitrogens with two attached hydrogens (primary N) is 1. The van der Waals surface area contributed by atoms with E-state index in [-0.39, 0.29) is 6.04 Å². The number of benzene rings is 1. The van der Waals surface area contributed by atoms with Crippen molar-refractivity contribution in [2.75, 3.05) is 0 Å². The van der Waals surface area contributed by atoms with Crippen LogP contribution in [0.2, 0.25) is 10.0 Å². The molecule has 100 valence electrons. The third kappa shape index (κ3) is 3.60. The Bertz CT molecular complexity index is 573. The first kappa shape index (κ1) is 14.1. The lowest BCUT2D eigenvalue weighted by atomic mass is 10.1. The summed E-state index contributed by atoms with van der Waals surface area (Å²) in [6, 6.07) is 7.29. The van der Waals surface area contributed by atoms with E-state index >= 15 is 0 Å². The zero-order chi connectivity index (χ0) is 13.8. The van der Waals surface area contributed by atoms with Gasteiger partial charge in [-0.1, -0.05) is 29.3 Å². The highest BCUT2D eigenvalue weighted by atomic mass is 35.5. The Morgan fingerprint density at radius 1 is 1.26 bits per heavy atom. The third-order valence-corrected chi connectivity index (χ3v) is 3.36. The first-order valence-corrected chi connectivity index (χ1v) is 6.59. The van der Waals surface area contributed by atoms with Gasteiger partial charge >= 0.3 is 0 Å². The van der Waals surface area contributed by atoms with Crippen molar-refractivity contribution in [1.82, 2.24) is 4.98 Å². The molecule has 0 spiro atoms. The van der Waals surface area contributed by atoms with Crippen LogP contribution in [-0.4, -0.2) is 4.98 Å². The lowest BCUT2D eigenvalue weighted by Crippen LogP contribution is -2.05. The predicted molar refractivity (Wildman–Crippen MR) is 77.6 cm³/mol. The molecule has 1 aromatic carbocycles. The first-order chi connectivity index (χ1) is 9.08. The molecule has 0 saturated carbocycles. The number of ether oxygens (including phenoxy) is 1. The maximum Gasteiger partial charge on any atom is 0.138 e. The molecular formula is C14H14Cl2N2O. The number of hydrogen-bond donors (Lipinski definition) is 1. The molecule has 0 amide bonds. The second kappa shape index (κ2) is 6.24. The minimum atomic E-state index is -0.0545. The van der Waals surface area contributed by atoms with Crippen molar-refractivity contribution in [3.05, 3.63) is 57.8 Å². The predicted octanol–water partition coefficient (Wildman–Crippen LogP) is 3.99. The van der Waals surface area contributed by atoms with Crippen LogP contribution in [0.1, 0.15) is 24.1 Å². The Kier molecular flexibility index (Phi) is 4.64. The molecule has 2 rings (SSSR count). The molecule has 19 heavy (non-hydrogen) atoms. The maximum atomic E-state index is 6.15. The van der Waals surface area contributed by atoms with Gasteiger partial charge in [0, 0.05) is 24.0 Å². The van der Waals surface area contributed by atoms with E-state index in [2.05, 4.69) is 4.98 Å². The van der Waals surface area contributed by atoms with Crippen molar-refractivity contribution in [1.29, 1.82) is 0 Å². The molecule has 3 nitrogen and oxygen atoms in total. The quantitative estimate of drug-likeness (QED) is 0.928. The molecule has 0 radical (unpaired) electrons. The molecule has 2 aromatic rings. The van der Waals surface area contributed by atoms with Crippen molar-refractivity contribution in [3.63, 3.8) is 0 Å². The summed E-state index contributed by atoms with van der Waals surface area (Å²) < 4.78 is 5.65. The van der Waals surface area contributed by atoms with Gasteiger partial charge < -0.3 is 10.5 Å². The van der Waals surface area contributed by atoms with Crippen LogP contribution in [0.25, 0.3) is 0 Å². The molecule has 1 unspecified atom stereocenters. The van der Waals surface area contributed by atoms with Crippen LogP contribution >= 0.6 is 23.2 Å². The van der Waals surface area contributed by atoms with Gasteiger partial charge in [0.25, 0.3) is 0 Å². The van der Waals surface area contributed by atoms with Gasteiger partial charge in [-0.05, 0) is 30.7 Å². The van der Waals surface area contributed by atoms with Gasteiger partial charge in [-0.25, -0.2) is 0 Å². The highest BCUT2D eigenvalue weighted by molar-refractivity contribution is 6.32. The number of pyridine rings is 1. The largest absolute Gasteiger partial charge is 0.487 e. The Morgan fingerprint density at radius 3 is 2.68 bits per heavy atom. The van der Waals surface area contributed by atoms with E-state index in [0.717, 1.165) is 11.1 Å². The third-order valence-electron chi connectivity index (χ3n) is 2.72. The van der Waals surface area contributed by atoms with Crippen LogP contribution in [0.3, 0.4) is 0 Å². The number of aromatic nitrogens is 1. The minimum Gasteiger partial charge on any atom is -0.487 e. The van der Waals surface area contributed by atoms with Gasteiger partial charge in [-0.15, -0.1) is 0 Å². The average Bonchev–Trinajstić information content (AvgIpc) is 2.39. The highest BCUT2D eigenvalue weighted by Gasteiger charge is 2.07. The fraction of sp³-hybridized carbons (Fsp3) is 0.214. The molecular weight excluding hydrogens is 283 g/mol.